The lowest BCUT2D eigenvalue weighted by atomic mass is 9.97. The van der Waals surface area contributed by atoms with Crippen molar-refractivity contribution < 1.29 is 4.74 Å². The first kappa shape index (κ1) is 13.9. The second-order valence-corrected chi connectivity index (χ2v) is 5.18. The van der Waals surface area contributed by atoms with E-state index in [-0.39, 0.29) is 0 Å². The van der Waals surface area contributed by atoms with Gasteiger partial charge in [0.15, 0.2) is 0 Å². The SMILES string of the molecule is CCNc1ncnc(-c2cccc3c2OCCC3)c1CC. The number of nitrogens with one attached hydrogen (secondary N) is 1. The first-order chi connectivity index (χ1) is 10.3. The first-order valence-corrected chi connectivity index (χ1v) is 7.68. The maximum atomic E-state index is 5.93. The molecule has 4 heteroatoms. The van der Waals surface area contributed by atoms with Crippen LogP contribution in [0.1, 0.15) is 31.4 Å². The van der Waals surface area contributed by atoms with Crippen molar-refractivity contribution in [1.29, 1.82) is 0 Å². The molecule has 0 amide bonds. The van der Waals surface area contributed by atoms with Crippen LogP contribution in [0.15, 0.2) is 24.5 Å². The summed E-state index contributed by atoms with van der Waals surface area (Å²) in [6.45, 7) is 5.86. The van der Waals surface area contributed by atoms with E-state index in [0.717, 1.165) is 60.8 Å². The number of fused-ring (bicyclic) bond motifs is 1. The van der Waals surface area contributed by atoms with Gasteiger partial charge in [-0.3, -0.25) is 0 Å². The predicted octanol–water partition coefficient (Wildman–Crippen LogP) is 3.46. The summed E-state index contributed by atoms with van der Waals surface area (Å²) in [5.41, 5.74) is 4.51. The maximum Gasteiger partial charge on any atom is 0.133 e. The Kier molecular flexibility index (Phi) is 4.04. The monoisotopic (exact) mass is 283 g/mol. The lowest BCUT2D eigenvalue weighted by Gasteiger charge is -2.21. The van der Waals surface area contributed by atoms with Crippen molar-refractivity contribution in [1.82, 2.24) is 9.97 Å². The van der Waals surface area contributed by atoms with Gasteiger partial charge in [0, 0.05) is 17.7 Å². The average Bonchev–Trinajstić information content (AvgIpc) is 2.54. The van der Waals surface area contributed by atoms with Gasteiger partial charge in [0.25, 0.3) is 0 Å². The number of anilines is 1. The van der Waals surface area contributed by atoms with E-state index >= 15 is 0 Å². The number of rotatable bonds is 4. The largest absolute Gasteiger partial charge is 0.493 e. The predicted molar refractivity (Wildman–Crippen MR) is 84.8 cm³/mol. The van der Waals surface area contributed by atoms with Gasteiger partial charge < -0.3 is 10.1 Å². The van der Waals surface area contributed by atoms with Gasteiger partial charge in [-0.2, -0.15) is 0 Å². The molecule has 1 aliphatic heterocycles. The van der Waals surface area contributed by atoms with E-state index in [1.165, 1.54) is 5.56 Å². The molecule has 0 unspecified atom stereocenters. The normalized spacial score (nSPS) is 13.4. The zero-order chi connectivity index (χ0) is 14.7. The standard InChI is InChI=1S/C17H21N3O/c1-3-13-15(19-11-20-17(13)18-4-2)14-9-5-7-12-8-6-10-21-16(12)14/h5,7,9,11H,3-4,6,8,10H2,1-2H3,(H,18,19,20). The number of hydrogen-bond acceptors (Lipinski definition) is 4. The molecule has 2 aromatic rings. The number of aryl methyl sites for hydroxylation is 1. The van der Waals surface area contributed by atoms with Crippen LogP contribution in [-0.2, 0) is 12.8 Å². The molecule has 1 aliphatic rings. The highest BCUT2D eigenvalue weighted by atomic mass is 16.5. The molecule has 110 valence electrons. The molecular formula is C17H21N3O. The van der Waals surface area contributed by atoms with Gasteiger partial charge in [-0.25, -0.2) is 9.97 Å². The molecule has 0 aliphatic carbocycles. The molecule has 0 fully saturated rings. The van der Waals surface area contributed by atoms with Crippen LogP contribution < -0.4 is 10.1 Å². The molecule has 1 aromatic heterocycles. The average molecular weight is 283 g/mol. The summed E-state index contributed by atoms with van der Waals surface area (Å²) in [5.74, 6) is 1.93. The van der Waals surface area contributed by atoms with Gasteiger partial charge in [0.05, 0.1) is 12.3 Å². The Bertz CT molecular complexity index is 640. The summed E-state index contributed by atoms with van der Waals surface area (Å²) in [6, 6.07) is 6.34. The molecule has 0 atom stereocenters. The van der Waals surface area contributed by atoms with Gasteiger partial charge in [-0.1, -0.05) is 19.1 Å². The Labute approximate surface area is 125 Å². The Hall–Kier alpha value is -2.10. The van der Waals surface area contributed by atoms with Gasteiger partial charge in [0.1, 0.15) is 17.9 Å². The summed E-state index contributed by atoms with van der Waals surface area (Å²) in [4.78, 5) is 8.91. The molecule has 0 bridgehead atoms. The van der Waals surface area contributed by atoms with Crippen molar-refractivity contribution in [2.45, 2.75) is 33.1 Å². The fraction of sp³-hybridized carbons (Fsp3) is 0.412. The van der Waals surface area contributed by atoms with E-state index in [0.29, 0.717) is 0 Å². The summed E-state index contributed by atoms with van der Waals surface area (Å²) < 4.78 is 5.93. The Morgan fingerprint density at radius 3 is 2.95 bits per heavy atom. The molecule has 3 rings (SSSR count). The summed E-state index contributed by atoms with van der Waals surface area (Å²) in [7, 11) is 0. The topological polar surface area (TPSA) is 47.0 Å². The van der Waals surface area contributed by atoms with Crippen LogP contribution in [0, 0.1) is 0 Å². The molecule has 0 radical (unpaired) electrons. The molecular weight excluding hydrogens is 262 g/mol. The molecule has 4 nitrogen and oxygen atoms in total. The van der Waals surface area contributed by atoms with Crippen molar-refractivity contribution in [2.24, 2.45) is 0 Å². The zero-order valence-electron chi connectivity index (χ0n) is 12.6. The van der Waals surface area contributed by atoms with Crippen LogP contribution >= 0.6 is 0 Å². The van der Waals surface area contributed by atoms with Gasteiger partial charge >= 0.3 is 0 Å². The Morgan fingerprint density at radius 2 is 2.14 bits per heavy atom. The lowest BCUT2D eigenvalue weighted by molar-refractivity contribution is 0.289. The first-order valence-electron chi connectivity index (χ1n) is 7.68. The highest BCUT2D eigenvalue weighted by Crippen LogP contribution is 2.37. The van der Waals surface area contributed by atoms with E-state index in [4.69, 9.17) is 4.74 Å². The number of ether oxygens (including phenoxy) is 1. The molecule has 21 heavy (non-hydrogen) atoms. The molecule has 0 saturated heterocycles. The van der Waals surface area contributed by atoms with Crippen LogP contribution in [0.4, 0.5) is 5.82 Å². The second kappa shape index (κ2) is 6.12. The van der Waals surface area contributed by atoms with Crippen molar-refractivity contribution in [3.8, 4) is 17.0 Å². The third-order valence-electron chi connectivity index (χ3n) is 3.83. The van der Waals surface area contributed by atoms with E-state index < -0.39 is 0 Å². The van der Waals surface area contributed by atoms with Gasteiger partial charge in [0.2, 0.25) is 0 Å². The van der Waals surface area contributed by atoms with Gasteiger partial charge in [-0.15, -0.1) is 0 Å². The van der Waals surface area contributed by atoms with E-state index in [2.05, 4.69) is 47.3 Å². The summed E-state index contributed by atoms with van der Waals surface area (Å²) in [5, 5.41) is 3.33. The molecule has 1 aromatic carbocycles. The fourth-order valence-electron chi connectivity index (χ4n) is 2.87. The van der Waals surface area contributed by atoms with Gasteiger partial charge in [-0.05, 0) is 37.8 Å². The summed E-state index contributed by atoms with van der Waals surface area (Å²) in [6.07, 6.45) is 4.69. The minimum Gasteiger partial charge on any atom is -0.493 e. The van der Waals surface area contributed by atoms with Crippen molar-refractivity contribution >= 4 is 5.82 Å². The smallest absolute Gasteiger partial charge is 0.133 e. The third kappa shape index (κ3) is 2.58. The number of benzene rings is 1. The lowest BCUT2D eigenvalue weighted by Crippen LogP contribution is -2.11. The maximum absolute atomic E-state index is 5.93. The van der Waals surface area contributed by atoms with E-state index in [1.807, 2.05) is 0 Å². The van der Waals surface area contributed by atoms with Crippen LogP contribution in [0.5, 0.6) is 5.75 Å². The van der Waals surface area contributed by atoms with Crippen molar-refractivity contribution in [3.05, 3.63) is 35.7 Å². The molecule has 1 N–H and O–H groups in total. The zero-order valence-corrected chi connectivity index (χ0v) is 12.6. The summed E-state index contributed by atoms with van der Waals surface area (Å²) >= 11 is 0. The van der Waals surface area contributed by atoms with Crippen molar-refractivity contribution in [2.75, 3.05) is 18.5 Å². The molecule has 0 saturated carbocycles. The number of nitrogens with zero attached hydrogens (tertiary/aromatic N) is 2. The number of aromatic nitrogens is 2. The highest BCUT2D eigenvalue weighted by Gasteiger charge is 2.19. The Balaban J connectivity index is 2.14. The van der Waals surface area contributed by atoms with Crippen LogP contribution in [0.25, 0.3) is 11.3 Å². The minimum absolute atomic E-state index is 0.788. The third-order valence-corrected chi connectivity index (χ3v) is 3.83. The molecule has 2 heterocycles. The fourth-order valence-corrected chi connectivity index (χ4v) is 2.87. The number of para-hydroxylation sites is 1. The quantitative estimate of drug-likeness (QED) is 0.933. The van der Waals surface area contributed by atoms with Crippen LogP contribution in [-0.4, -0.2) is 23.1 Å². The molecule has 0 spiro atoms. The van der Waals surface area contributed by atoms with Crippen molar-refractivity contribution in [3.63, 3.8) is 0 Å². The number of hydrogen-bond donors (Lipinski definition) is 1. The van der Waals surface area contributed by atoms with E-state index in [9.17, 15) is 0 Å². The Morgan fingerprint density at radius 1 is 1.24 bits per heavy atom. The second-order valence-electron chi connectivity index (χ2n) is 5.18. The van der Waals surface area contributed by atoms with E-state index in [1.54, 1.807) is 6.33 Å². The highest BCUT2D eigenvalue weighted by molar-refractivity contribution is 5.75. The van der Waals surface area contributed by atoms with Crippen LogP contribution in [0.3, 0.4) is 0 Å². The minimum atomic E-state index is 0.788. The van der Waals surface area contributed by atoms with Crippen LogP contribution in [0.2, 0.25) is 0 Å².